The zero-order valence-corrected chi connectivity index (χ0v) is 11.3. The van der Waals surface area contributed by atoms with Crippen molar-refractivity contribution in [2.24, 2.45) is 0 Å². The highest BCUT2D eigenvalue weighted by molar-refractivity contribution is 5.90. The number of pyridine rings is 1. The lowest BCUT2D eigenvalue weighted by atomic mass is 10.2. The summed E-state index contributed by atoms with van der Waals surface area (Å²) < 4.78 is 15.2. The minimum atomic E-state index is -0.276. The highest BCUT2D eigenvalue weighted by Crippen LogP contribution is 2.17. The van der Waals surface area contributed by atoms with Gasteiger partial charge in [-0.05, 0) is 41.8 Å². The topological polar surface area (TPSA) is 46.9 Å². The zero-order valence-electron chi connectivity index (χ0n) is 11.3. The lowest BCUT2D eigenvalue weighted by molar-refractivity contribution is -0.116. The van der Waals surface area contributed by atoms with Gasteiger partial charge in [-0.15, -0.1) is 0 Å². The molecule has 0 aliphatic heterocycles. The number of benzene rings is 1. The van der Waals surface area contributed by atoms with Crippen molar-refractivity contribution in [3.63, 3.8) is 0 Å². The number of rotatable bonds is 4. The van der Waals surface area contributed by atoms with E-state index in [-0.39, 0.29) is 11.7 Å². The molecule has 0 fully saturated rings. The molecule has 1 N–H and O–H groups in total. The van der Waals surface area contributed by atoms with Crippen LogP contribution in [0, 0.1) is 5.82 Å². The highest BCUT2D eigenvalue weighted by atomic mass is 19.1. The first kappa shape index (κ1) is 13.3. The van der Waals surface area contributed by atoms with Gasteiger partial charge in [-0.2, -0.15) is 0 Å². The van der Waals surface area contributed by atoms with E-state index < -0.39 is 0 Å². The summed E-state index contributed by atoms with van der Waals surface area (Å²) in [5, 5.41) is 3.74. The third-order valence-electron chi connectivity index (χ3n) is 3.26. The second-order valence-corrected chi connectivity index (χ2v) is 4.75. The molecule has 0 saturated carbocycles. The van der Waals surface area contributed by atoms with E-state index in [1.54, 1.807) is 30.6 Å². The largest absolute Gasteiger partial charge is 0.347 e. The van der Waals surface area contributed by atoms with Crippen LogP contribution >= 0.6 is 0 Å². The minimum Gasteiger partial charge on any atom is -0.347 e. The number of halogens is 1. The molecule has 0 spiro atoms. The number of amides is 1. The lowest BCUT2D eigenvalue weighted by Crippen LogP contribution is -2.14. The van der Waals surface area contributed by atoms with Gasteiger partial charge in [0.15, 0.2) is 0 Å². The number of aryl methyl sites for hydroxylation is 1. The molecule has 21 heavy (non-hydrogen) atoms. The Morgan fingerprint density at radius 2 is 2.19 bits per heavy atom. The first-order chi connectivity index (χ1) is 10.2. The van der Waals surface area contributed by atoms with Gasteiger partial charge in [0.2, 0.25) is 5.91 Å². The predicted molar refractivity (Wildman–Crippen MR) is 79.4 cm³/mol. The number of fused-ring (bicyclic) bond motifs is 1. The molecule has 3 rings (SSSR count). The molecule has 5 heteroatoms. The van der Waals surface area contributed by atoms with Gasteiger partial charge in [0.05, 0.1) is 17.4 Å². The molecule has 0 radical (unpaired) electrons. The Labute approximate surface area is 121 Å². The van der Waals surface area contributed by atoms with Gasteiger partial charge in [-0.3, -0.25) is 9.78 Å². The molecular formula is C16H14FN3O. The van der Waals surface area contributed by atoms with Crippen molar-refractivity contribution in [1.29, 1.82) is 0 Å². The molecule has 0 saturated heterocycles. The first-order valence-electron chi connectivity index (χ1n) is 6.67. The maximum atomic E-state index is 13.3. The molecule has 0 atom stereocenters. The van der Waals surface area contributed by atoms with Crippen LogP contribution < -0.4 is 5.32 Å². The molecule has 4 nitrogen and oxygen atoms in total. The molecule has 2 aromatic heterocycles. The third kappa shape index (κ3) is 3.08. The maximum Gasteiger partial charge on any atom is 0.226 e. The summed E-state index contributed by atoms with van der Waals surface area (Å²) >= 11 is 0. The van der Waals surface area contributed by atoms with Crippen LogP contribution in [0.5, 0.6) is 0 Å². The Morgan fingerprint density at radius 3 is 3.00 bits per heavy atom. The van der Waals surface area contributed by atoms with Crippen molar-refractivity contribution < 1.29 is 9.18 Å². The number of hydrogen-bond donors (Lipinski definition) is 1. The second-order valence-electron chi connectivity index (χ2n) is 4.75. The number of nitrogens with one attached hydrogen (secondary N) is 1. The van der Waals surface area contributed by atoms with Crippen molar-refractivity contribution in [2.75, 3.05) is 5.32 Å². The molecule has 3 aromatic rings. The standard InChI is InChI=1S/C16H14FN3O/c17-13-4-3-12-5-8-20(15(12)10-13)9-6-16(21)19-14-2-1-7-18-11-14/h1-5,7-8,10-11H,6,9H2,(H,19,21). The van der Waals surface area contributed by atoms with Crippen molar-refractivity contribution >= 4 is 22.5 Å². The van der Waals surface area contributed by atoms with Gasteiger partial charge < -0.3 is 9.88 Å². The number of carbonyl (C=O) groups is 1. The summed E-state index contributed by atoms with van der Waals surface area (Å²) in [6, 6.07) is 10.1. The van der Waals surface area contributed by atoms with Crippen molar-refractivity contribution in [1.82, 2.24) is 9.55 Å². The van der Waals surface area contributed by atoms with Crippen LogP contribution in [0.25, 0.3) is 10.9 Å². The van der Waals surface area contributed by atoms with Crippen LogP contribution in [0.3, 0.4) is 0 Å². The summed E-state index contributed by atoms with van der Waals surface area (Å²) in [6.45, 7) is 0.499. The van der Waals surface area contributed by atoms with E-state index in [4.69, 9.17) is 0 Å². The van der Waals surface area contributed by atoms with Crippen LogP contribution in [-0.2, 0) is 11.3 Å². The van der Waals surface area contributed by atoms with E-state index >= 15 is 0 Å². The maximum absolute atomic E-state index is 13.3. The van der Waals surface area contributed by atoms with Crippen molar-refractivity contribution in [2.45, 2.75) is 13.0 Å². The van der Waals surface area contributed by atoms with Crippen molar-refractivity contribution in [3.8, 4) is 0 Å². The summed E-state index contributed by atoms with van der Waals surface area (Å²) in [7, 11) is 0. The van der Waals surface area contributed by atoms with Crippen LogP contribution in [0.2, 0.25) is 0 Å². The number of carbonyl (C=O) groups excluding carboxylic acids is 1. The summed E-state index contributed by atoms with van der Waals surface area (Å²) in [5.41, 5.74) is 1.47. The number of anilines is 1. The number of hydrogen-bond acceptors (Lipinski definition) is 2. The number of nitrogens with zero attached hydrogens (tertiary/aromatic N) is 2. The Kier molecular flexibility index (Phi) is 3.64. The summed E-state index contributed by atoms with van der Waals surface area (Å²) in [5.74, 6) is -0.372. The van der Waals surface area contributed by atoms with E-state index in [1.807, 2.05) is 16.8 Å². The van der Waals surface area contributed by atoms with Crippen molar-refractivity contribution in [3.05, 3.63) is 60.8 Å². The van der Waals surface area contributed by atoms with Crippen LogP contribution in [0.4, 0.5) is 10.1 Å². The molecular weight excluding hydrogens is 269 g/mol. The molecule has 0 unspecified atom stereocenters. The fourth-order valence-corrected chi connectivity index (χ4v) is 2.23. The minimum absolute atomic E-state index is 0.0961. The second kappa shape index (κ2) is 5.75. The monoisotopic (exact) mass is 283 g/mol. The summed E-state index contributed by atoms with van der Waals surface area (Å²) in [6.07, 6.45) is 5.42. The Bertz CT molecular complexity index is 768. The van der Waals surface area contributed by atoms with Gasteiger partial charge in [0.25, 0.3) is 0 Å². The molecule has 0 aliphatic carbocycles. The van der Waals surface area contributed by atoms with Gasteiger partial charge in [-0.1, -0.05) is 0 Å². The molecule has 0 aliphatic rings. The Hall–Kier alpha value is -2.69. The molecule has 2 heterocycles. The molecule has 106 valence electrons. The normalized spacial score (nSPS) is 10.7. The number of aromatic nitrogens is 2. The van der Waals surface area contributed by atoms with Gasteiger partial charge in [-0.25, -0.2) is 4.39 Å². The quantitative estimate of drug-likeness (QED) is 0.799. The van der Waals surface area contributed by atoms with E-state index in [1.165, 1.54) is 12.1 Å². The molecule has 0 bridgehead atoms. The van der Waals surface area contributed by atoms with E-state index in [0.717, 1.165) is 10.9 Å². The molecule has 1 aromatic carbocycles. The van der Waals surface area contributed by atoms with Gasteiger partial charge in [0.1, 0.15) is 5.82 Å². The van der Waals surface area contributed by atoms with E-state index in [0.29, 0.717) is 18.7 Å². The smallest absolute Gasteiger partial charge is 0.226 e. The van der Waals surface area contributed by atoms with Gasteiger partial charge >= 0.3 is 0 Å². The van der Waals surface area contributed by atoms with Crippen LogP contribution in [0.1, 0.15) is 6.42 Å². The van der Waals surface area contributed by atoms with Gasteiger partial charge in [0, 0.05) is 25.4 Å². The highest BCUT2D eigenvalue weighted by Gasteiger charge is 2.06. The van der Waals surface area contributed by atoms with Crippen LogP contribution in [-0.4, -0.2) is 15.5 Å². The average molecular weight is 283 g/mol. The molecule has 1 amide bonds. The first-order valence-corrected chi connectivity index (χ1v) is 6.67. The fourth-order valence-electron chi connectivity index (χ4n) is 2.23. The SMILES string of the molecule is O=C(CCn1ccc2ccc(F)cc21)Nc1cccnc1. The Balaban J connectivity index is 1.66. The Morgan fingerprint density at radius 1 is 1.29 bits per heavy atom. The van der Waals surface area contributed by atoms with Crippen LogP contribution in [0.15, 0.2) is 55.0 Å². The lowest BCUT2D eigenvalue weighted by Gasteiger charge is -2.07. The predicted octanol–water partition coefficient (Wildman–Crippen LogP) is 3.20. The van der Waals surface area contributed by atoms with E-state index in [2.05, 4.69) is 10.3 Å². The average Bonchev–Trinajstić information content (AvgIpc) is 2.88. The fraction of sp³-hybridized carbons (Fsp3) is 0.125. The van der Waals surface area contributed by atoms with E-state index in [9.17, 15) is 9.18 Å². The zero-order chi connectivity index (χ0) is 14.7. The summed E-state index contributed by atoms with van der Waals surface area (Å²) in [4.78, 5) is 15.8. The third-order valence-corrected chi connectivity index (χ3v) is 3.26.